The van der Waals surface area contributed by atoms with Crippen LogP contribution in [0.1, 0.15) is 22.3 Å². The number of carbonyl (C=O) groups excluding carboxylic acids is 1. The van der Waals surface area contributed by atoms with Crippen LogP contribution in [0, 0.1) is 17.2 Å². The molecule has 1 aliphatic rings. The molecule has 1 saturated heterocycles. The summed E-state index contributed by atoms with van der Waals surface area (Å²) in [4.78, 5) is 15.2. The van der Waals surface area contributed by atoms with Gasteiger partial charge in [-0.3, -0.25) is 9.69 Å². The zero-order valence-corrected chi connectivity index (χ0v) is 17.6. The van der Waals surface area contributed by atoms with E-state index in [1.54, 1.807) is 12.1 Å². The third kappa shape index (κ3) is 4.84. The number of nitriles is 1. The van der Waals surface area contributed by atoms with Gasteiger partial charge in [0.15, 0.2) is 11.5 Å². The van der Waals surface area contributed by atoms with Gasteiger partial charge in [0.1, 0.15) is 0 Å². The highest BCUT2D eigenvalue weighted by Gasteiger charge is 2.31. The normalized spacial score (nSPS) is 18.9. The average molecular weight is 409 g/mol. The summed E-state index contributed by atoms with van der Waals surface area (Å²) in [5.41, 5.74) is 1.61. The molecular weight excluding hydrogens is 382 g/mol. The Kier molecular flexibility index (Phi) is 7.15. The summed E-state index contributed by atoms with van der Waals surface area (Å²) < 4.78 is 16.0. The van der Waals surface area contributed by atoms with E-state index in [4.69, 9.17) is 14.2 Å². The second kappa shape index (κ2) is 9.99. The molecule has 0 spiro atoms. The van der Waals surface area contributed by atoms with Gasteiger partial charge in [-0.25, -0.2) is 0 Å². The Labute approximate surface area is 177 Å². The van der Waals surface area contributed by atoms with Crippen LogP contribution in [-0.4, -0.2) is 51.3 Å². The summed E-state index contributed by atoms with van der Waals surface area (Å²) in [7, 11) is 4.53. The number of hydrogen-bond donors (Lipinski definition) is 1. The SMILES string of the molecule is COc1cc(C(=O)N[C@H]2CCN(Cc3ccccc3)C[C@@H]2C#N)cc(OC)c1OC. The Bertz CT molecular complexity index is 885. The molecule has 1 N–H and O–H groups in total. The molecular formula is C23H27N3O4. The highest BCUT2D eigenvalue weighted by Crippen LogP contribution is 2.38. The van der Waals surface area contributed by atoms with E-state index in [-0.39, 0.29) is 17.9 Å². The molecule has 30 heavy (non-hydrogen) atoms. The largest absolute Gasteiger partial charge is 0.493 e. The first-order chi connectivity index (χ1) is 14.6. The van der Waals surface area contributed by atoms with Gasteiger partial charge < -0.3 is 19.5 Å². The molecule has 1 heterocycles. The van der Waals surface area contributed by atoms with Crippen molar-refractivity contribution >= 4 is 5.91 Å². The summed E-state index contributed by atoms with van der Waals surface area (Å²) in [6.45, 7) is 2.23. The first kappa shape index (κ1) is 21.5. The maximum Gasteiger partial charge on any atom is 0.251 e. The molecule has 1 amide bonds. The van der Waals surface area contributed by atoms with E-state index in [0.717, 1.165) is 13.1 Å². The molecule has 7 heteroatoms. The molecule has 2 atom stereocenters. The van der Waals surface area contributed by atoms with Gasteiger partial charge in [0.05, 0.1) is 33.3 Å². The first-order valence-corrected chi connectivity index (χ1v) is 9.86. The Morgan fingerprint density at radius 2 is 1.80 bits per heavy atom. The molecule has 7 nitrogen and oxygen atoms in total. The molecule has 0 unspecified atom stereocenters. The zero-order valence-electron chi connectivity index (χ0n) is 17.6. The standard InChI is InChI=1S/C23H27N3O4/c1-28-20-11-17(12-21(29-2)22(20)30-3)23(27)25-19-9-10-26(15-18(19)13-24)14-16-7-5-4-6-8-16/h4-8,11-12,18-19H,9-10,14-15H2,1-3H3,(H,25,27)/t18-,19-/m0/s1. The van der Waals surface area contributed by atoms with Crippen molar-refractivity contribution in [2.45, 2.75) is 19.0 Å². The number of likely N-dealkylation sites (tertiary alicyclic amines) is 1. The Morgan fingerprint density at radius 1 is 1.13 bits per heavy atom. The van der Waals surface area contributed by atoms with Crippen LogP contribution in [0.4, 0.5) is 0 Å². The number of methoxy groups -OCH3 is 3. The van der Waals surface area contributed by atoms with Crippen molar-refractivity contribution in [3.63, 3.8) is 0 Å². The Morgan fingerprint density at radius 3 is 2.37 bits per heavy atom. The van der Waals surface area contributed by atoms with Crippen LogP contribution in [-0.2, 0) is 6.54 Å². The smallest absolute Gasteiger partial charge is 0.251 e. The molecule has 158 valence electrons. The monoisotopic (exact) mass is 409 g/mol. The molecule has 2 aromatic carbocycles. The molecule has 0 aliphatic carbocycles. The number of carbonyl (C=O) groups is 1. The van der Waals surface area contributed by atoms with E-state index in [0.29, 0.717) is 35.8 Å². The third-order valence-corrected chi connectivity index (χ3v) is 5.36. The molecule has 1 aliphatic heterocycles. The maximum absolute atomic E-state index is 12.9. The van der Waals surface area contributed by atoms with Gasteiger partial charge >= 0.3 is 0 Å². The number of piperidine rings is 1. The quantitative estimate of drug-likeness (QED) is 0.757. The summed E-state index contributed by atoms with van der Waals surface area (Å²) in [6, 6.07) is 15.6. The van der Waals surface area contributed by atoms with Gasteiger partial charge in [0.25, 0.3) is 5.91 Å². The minimum absolute atomic E-state index is 0.214. The highest BCUT2D eigenvalue weighted by atomic mass is 16.5. The number of rotatable bonds is 7. The van der Waals surface area contributed by atoms with E-state index in [2.05, 4.69) is 28.4 Å². The number of ether oxygens (including phenoxy) is 3. The first-order valence-electron chi connectivity index (χ1n) is 9.86. The summed E-state index contributed by atoms with van der Waals surface area (Å²) in [5, 5.41) is 12.7. The Hall–Kier alpha value is -3.24. The summed E-state index contributed by atoms with van der Waals surface area (Å²) in [5.74, 6) is 0.707. The predicted octanol–water partition coefficient (Wildman–Crippen LogP) is 2.86. The minimum atomic E-state index is -0.284. The minimum Gasteiger partial charge on any atom is -0.493 e. The number of amides is 1. The van der Waals surface area contributed by atoms with Crippen molar-refractivity contribution in [2.24, 2.45) is 5.92 Å². The van der Waals surface area contributed by atoms with Crippen molar-refractivity contribution in [2.75, 3.05) is 34.4 Å². The predicted molar refractivity (Wildman–Crippen MR) is 113 cm³/mol. The van der Waals surface area contributed by atoms with Gasteiger partial charge in [-0.2, -0.15) is 5.26 Å². The number of nitrogens with one attached hydrogen (secondary N) is 1. The van der Waals surface area contributed by atoms with E-state index < -0.39 is 0 Å². The van der Waals surface area contributed by atoms with Gasteiger partial charge in [-0.05, 0) is 24.1 Å². The van der Waals surface area contributed by atoms with Crippen LogP contribution in [0.15, 0.2) is 42.5 Å². The molecule has 0 saturated carbocycles. The average Bonchev–Trinajstić information content (AvgIpc) is 2.79. The molecule has 0 bridgehead atoms. The Balaban J connectivity index is 1.69. The maximum atomic E-state index is 12.9. The van der Waals surface area contributed by atoms with E-state index >= 15 is 0 Å². The summed E-state index contributed by atoms with van der Waals surface area (Å²) >= 11 is 0. The fraction of sp³-hybridized carbons (Fsp3) is 0.391. The van der Waals surface area contributed by atoms with Crippen molar-refractivity contribution in [1.82, 2.24) is 10.2 Å². The second-order valence-corrected chi connectivity index (χ2v) is 7.24. The van der Waals surface area contributed by atoms with Crippen LogP contribution in [0.25, 0.3) is 0 Å². The fourth-order valence-electron chi connectivity index (χ4n) is 3.77. The second-order valence-electron chi connectivity index (χ2n) is 7.24. The highest BCUT2D eigenvalue weighted by molar-refractivity contribution is 5.95. The van der Waals surface area contributed by atoms with Gasteiger partial charge in [0, 0.05) is 31.2 Å². The van der Waals surface area contributed by atoms with E-state index in [1.807, 2.05) is 18.2 Å². The number of benzene rings is 2. The molecule has 0 radical (unpaired) electrons. The molecule has 3 rings (SSSR count). The van der Waals surface area contributed by atoms with Crippen LogP contribution in [0.3, 0.4) is 0 Å². The van der Waals surface area contributed by atoms with Gasteiger partial charge in [-0.15, -0.1) is 0 Å². The van der Waals surface area contributed by atoms with Crippen molar-refractivity contribution in [1.29, 1.82) is 5.26 Å². The molecule has 0 aromatic heterocycles. The van der Waals surface area contributed by atoms with E-state index in [1.165, 1.54) is 26.9 Å². The lowest BCUT2D eigenvalue weighted by Crippen LogP contribution is -2.50. The zero-order chi connectivity index (χ0) is 21.5. The lowest BCUT2D eigenvalue weighted by molar-refractivity contribution is 0.0881. The summed E-state index contributed by atoms with van der Waals surface area (Å²) in [6.07, 6.45) is 0.710. The van der Waals surface area contributed by atoms with Crippen LogP contribution in [0.2, 0.25) is 0 Å². The van der Waals surface area contributed by atoms with Crippen molar-refractivity contribution in [3.05, 3.63) is 53.6 Å². The topological polar surface area (TPSA) is 83.8 Å². The molecule has 1 fully saturated rings. The lowest BCUT2D eigenvalue weighted by Gasteiger charge is -2.35. The van der Waals surface area contributed by atoms with Gasteiger partial charge in [-0.1, -0.05) is 30.3 Å². The van der Waals surface area contributed by atoms with E-state index in [9.17, 15) is 10.1 Å². The number of nitrogens with zero attached hydrogens (tertiary/aromatic N) is 2. The lowest BCUT2D eigenvalue weighted by atomic mass is 9.92. The van der Waals surface area contributed by atoms with Crippen LogP contribution < -0.4 is 19.5 Å². The van der Waals surface area contributed by atoms with Crippen molar-refractivity contribution in [3.8, 4) is 23.3 Å². The van der Waals surface area contributed by atoms with Crippen LogP contribution >= 0.6 is 0 Å². The van der Waals surface area contributed by atoms with Crippen molar-refractivity contribution < 1.29 is 19.0 Å². The van der Waals surface area contributed by atoms with Gasteiger partial charge in [0.2, 0.25) is 5.75 Å². The third-order valence-electron chi connectivity index (χ3n) is 5.36. The number of hydrogen-bond acceptors (Lipinski definition) is 6. The molecule has 2 aromatic rings. The van der Waals surface area contributed by atoms with Crippen LogP contribution in [0.5, 0.6) is 17.2 Å². The fourth-order valence-corrected chi connectivity index (χ4v) is 3.77.